The molecule has 0 heterocycles. The maximum absolute atomic E-state index is 10.9. The normalized spacial score (nSPS) is 11.4. The van der Waals surface area contributed by atoms with Crippen molar-refractivity contribution in [1.29, 1.82) is 0 Å². The summed E-state index contributed by atoms with van der Waals surface area (Å²) in [7, 11) is 0. The molecular formula is C50H65O25Ta. The minimum absolute atomic E-state index is 0. The first-order valence-electron chi connectivity index (χ1n) is 22.0. The SMILES string of the molecule is C=C(C)C(=O)OCCC(C(C)=O)C(=O)[O-].C=C(C)C(=O)OCCC(C(C)=O)C(=O)[O-].C=C(C)C(=O)OCCC(C(C)=O)C(=O)[O-].C=C(C)C(=O)OCCC(C(C)=O)C(=O)[O-].C=C(C)C(=O)OCCC(C(C)=O)C(=O)[O-].[Ta+5]. The molecule has 0 radical (unpaired) electrons. The van der Waals surface area contributed by atoms with Crippen molar-refractivity contribution in [3.63, 3.8) is 0 Å². The number of ketones is 5. The number of hydrogen-bond acceptors (Lipinski definition) is 25. The van der Waals surface area contributed by atoms with Crippen LogP contribution in [0.2, 0.25) is 0 Å². The molecule has 5 unspecified atom stereocenters. The largest absolute Gasteiger partial charge is 5.00 e. The van der Waals surface area contributed by atoms with E-state index in [1.165, 1.54) is 34.6 Å². The summed E-state index contributed by atoms with van der Waals surface area (Å²) in [5.74, 6) is -18.9. The molecule has 0 saturated carbocycles. The molecule has 25 nitrogen and oxygen atoms in total. The van der Waals surface area contributed by atoms with E-state index in [-0.39, 0.29) is 115 Å². The van der Waals surface area contributed by atoms with Crippen molar-refractivity contribution < 1.29 is 144 Å². The van der Waals surface area contributed by atoms with Crippen molar-refractivity contribution in [2.75, 3.05) is 33.0 Å². The Morgan fingerprint density at radius 1 is 0.276 bits per heavy atom. The van der Waals surface area contributed by atoms with E-state index in [4.69, 9.17) is 0 Å². The molecule has 26 heteroatoms. The summed E-state index contributed by atoms with van der Waals surface area (Å²) < 4.78 is 23.3. The molecule has 0 aliphatic carbocycles. The van der Waals surface area contributed by atoms with Crippen LogP contribution in [0.25, 0.3) is 0 Å². The van der Waals surface area contributed by atoms with Gasteiger partial charge in [0.05, 0.1) is 92.5 Å². The molecule has 0 spiro atoms. The van der Waals surface area contributed by atoms with Crippen molar-refractivity contribution in [3.8, 4) is 0 Å². The van der Waals surface area contributed by atoms with E-state index in [1.54, 1.807) is 0 Å². The van der Waals surface area contributed by atoms with Crippen LogP contribution in [-0.4, -0.2) is 122 Å². The first-order chi connectivity index (χ1) is 34.3. The third-order valence-electron chi connectivity index (χ3n) is 8.82. The number of carboxylic acids is 5. The van der Waals surface area contributed by atoms with Gasteiger partial charge in [0.15, 0.2) is 0 Å². The van der Waals surface area contributed by atoms with E-state index in [0.29, 0.717) is 0 Å². The van der Waals surface area contributed by atoms with Gasteiger partial charge >= 0.3 is 52.2 Å². The van der Waals surface area contributed by atoms with E-state index in [9.17, 15) is 97.5 Å². The summed E-state index contributed by atoms with van der Waals surface area (Å²) >= 11 is 0. The van der Waals surface area contributed by atoms with Gasteiger partial charge in [-0.2, -0.15) is 0 Å². The molecule has 5 atom stereocenters. The maximum atomic E-state index is 10.9. The molecule has 0 N–H and O–H groups in total. The Balaban J connectivity index is -0.000000201. The fourth-order valence-corrected chi connectivity index (χ4v) is 4.40. The number of carbonyl (C=O) groups excluding carboxylic acids is 15. The molecule has 0 aromatic heterocycles. The molecular weight excluding hydrogens is 1180 g/mol. The second-order valence-electron chi connectivity index (χ2n) is 15.9. The van der Waals surface area contributed by atoms with Crippen LogP contribution in [0, 0.1) is 29.6 Å². The minimum Gasteiger partial charge on any atom is -0.549 e. The molecule has 0 amide bonds. The van der Waals surface area contributed by atoms with E-state index < -0.39 is 118 Å². The molecule has 420 valence electrons. The Morgan fingerprint density at radius 3 is 0.447 bits per heavy atom. The topological polar surface area (TPSA) is 418 Å². The van der Waals surface area contributed by atoms with Gasteiger partial charge in [0.25, 0.3) is 0 Å². The van der Waals surface area contributed by atoms with Gasteiger partial charge in [-0.25, -0.2) is 24.0 Å². The van der Waals surface area contributed by atoms with Crippen LogP contribution in [0.4, 0.5) is 0 Å². The van der Waals surface area contributed by atoms with Gasteiger partial charge < -0.3 is 73.2 Å². The van der Waals surface area contributed by atoms with Crippen LogP contribution >= 0.6 is 0 Å². The number of carboxylic acid groups (broad SMARTS) is 5. The standard InChI is InChI=1S/5C10H14O5.Ta/c5*1-6(2)10(14)15-5-4-8(7(3)11)9(12)13;/h5*8H,1,4-5H2,2-3H3,(H,12,13);/q;;;;;+5/p-5. The van der Waals surface area contributed by atoms with Crippen molar-refractivity contribution >= 4 is 88.6 Å². The van der Waals surface area contributed by atoms with Gasteiger partial charge in [-0.15, -0.1) is 0 Å². The molecule has 0 saturated heterocycles. The number of ether oxygens (including phenoxy) is 5. The van der Waals surface area contributed by atoms with Crippen LogP contribution in [0.3, 0.4) is 0 Å². The molecule has 0 aromatic carbocycles. The fraction of sp³-hybridized carbons (Fsp3) is 0.500. The maximum Gasteiger partial charge on any atom is 5.00 e. The van der Waals surface area contributed by atoms with Crippen LogP contribution in [0.1, 0.15) is 101 Å². The van der Waals surface area contributed by atoms with Crippen molar-refractivity contribution in [1.82, 2.24) is 0 Å². The first-order valence-corrected chi connectivity index (χ1v) is 22.0. The monoisotopic (exact) mass is 1250 g/mol. The predicted molar refractivity (Wildman–Crippen MR) is 248 cm³/mol. The number of hydrogen-bond donors (Lipinski definition) is 0. The molecule has 0 rings (SSSR count). The quantitative estimate of drug-likeness (QED) is 0.0304. The molecule has 76 heavy (non-hydrogen) atoms. The van der Waals surface area contributed by atoms with Crippen LogP contribution in [0.5, 0.6) is 0 Å². The fourth-order valence-electron chi connectivity index (χ4n) is 4.40. The first kappa shape index (κ1) is 79.9. The smallest absolute Gasteiger partial charge is 0.549 e. The summed E-state index contributed by atoms with van der Waals surface area (Å²) in [4.78, 5) is 161. The van der Waals surface area contributed by atoms with Crippen molar-refractivity contribution in [2.24, 2.45) is 29.6 Å². The molecule has 0 fully saturated rings. The third-order valence-corrected chi connectivity index (χ3v) is 8.82. The molecule has 0 aromatic rings. The molecule has 0 aliphatic rings. The predicted octanol–water partition coefficient (Wildman–Crippen LogP) is -2.75. The summed E-state index contributed by atoms with van der Waals surface area (Å²) in [5, 5.41) is 52.3. The average molecular weight is 1250 g/mol. The summed E-state index contributed by atoms with van der Waals surface area (Å²) in [5.41, 5.74) is 1.12. The molecule has 0 bridgehead atoms. The third kappa shape index (κ3) is 41.9. The van der Waals surface area contributed by atoms with E-state index in [0.717, 1.165) is 34.6 Å². The Hall–Kier alpha value is -7.51. The van der Waals surface area contributed by atoms with Crippen LogP contribution in [-0.2, 0) is 118 Å². The zero-order chi connectivity index (χ0) is 60.0. The number of aliphatic carboxylic acids is 5. The Kier molecular flexibility index (Phi) is 46.1. The molecule has 0 aliphatic heterocycles. The van der Waals surface area contributed by atoms with Gasteiger partial charge in [-0.1, -0.05) is 32.9 Å². The van der Waals surface area contributed by atoms with Gasteiger partial charge in [-0.3, -0.25) is 24.0 Å². The summed E-state index contributed by atoms with van der Waals surface area (Å²) in [6.45, 7) is 29.2. The van der Waals surface area contributed by atoms with E-state index in [1.807, 2.05) is 0 Å². The minimum atomic E-state index is -1.45. The summed E-state index contributed by atoms with van der Waals surface area (Å²) in [6, 6.07) is 0. The van der Waals surface area contributed by atoms with E-state index in [2.05, 4.69) is 56.6 Å². The summed E-state index contributed by atoms with van der Waals surface area (Å²) in [6.07, 6.45) is -0.364. The van der Waals surface area contributed by atoms with Gasteiger partial charge in [-0.05, 0) is 101 Å². The average Bonchev–Trinajstić information content (AvgIpc) is 3.27. The number of rotatable bonds is 30. The van der Waals surface area contributed by atoms with Gasteiger partial charge in [0, 0.05) is 27.9 Å². The number of Topliss-reactive ketones (excluding diaryl/α,β-unsaturated/α-hetero) is 5. The second-order valence-corrected chi connectivity index (χ2v) is 15.9. The van der Waals surface area contributed by atoms with Crippen LogP contribution in [0.15, 0.2) is 60.8 Å². The second kappa shape index (κ2) is 43.8. The number of esters is 5. The zero-order valence-electron chi connectivity index (χ0n) is 44.1. The van der Waals surface area contributed by atoms with Crippen molar-refractivity contribution in [2.45, 2.75) is 101 Å². The Bertz CT molecular complexity index is 1750. The van der Waals surface area contributed by atoms with E-state index >= 15 is 0 Å². The zero-order valence-corrected chi connectivity index (χ0v) is 47.4. The van der Waals surface area contributed by atoms with Gasteiger partial charge in [0.2, 0.25) is 0 Å². The Morgan fingerprint density at radius 2 is 0.382 bits per heavy atom. The van der Waals surface area contributed by atoms with Crippen LogP contribution < -0.4 is 25.5 Å². The number of carbonyl (C=O) groups is 15. The van der Waals surface area contributed by atoms with Crippen molar-refractivity contribution in [3.05, 3.63) is 60.8 Å². The Labute approximate surface area is 455 Å². The van der Waals surface area contributed by atoms with Gasteiger partial charge in [0.1, 0.15) is 28.9 Å².